The predicted molar refractivity (Wildman–Crippen MR) is 88.2 cm³/mol. The summed E-state index contributed by atoms with van der Waals surface area (Å²) in [6.45, 7) is 10.3. The smallest absolute Gasteiger partial charge is 0.126 e. The predicted octanol–water partition coefficient (Wildman–Crippen LogP) is 5.78. The van der Waals surface area contributed by atoms with Crippen LogP contribution in [0.15, 0.2) is 42.5 Å². The molecule has 0 bridgehead atoms. The first-order chi connectivity index (χ1) is 10.1. The normalized spacial score (nSPS) is 12.5. The maximum atomic E-state index is 14.0. The monoisotopic (exact) mass is 302 g/mol. The van der Waals surface area contributed by atoms with Gasteiger partial charge in [0.1, 0.15) is 11.6 Å². The van der Waals surface area contributed by atoms with Crippen molar-refractivity contribution < 1.29 is 8.78 Å². The van der Waals surface area contributed by atoms with Crippen LogP contribution >= 0.6 is 0 Å². The van der Waals surface area contributed by atoms with Crippen LogP contribution < -0.4 is 0 Å². The van der Waals surface area contributed by atoms with E-state index in [-0.39, 0.29) is 22.5 Å². The molecule has 2 aromatic carbocycles. The van der Waals surface area contributed by atoms with Gasteiger partial charge in [-0.3, -0.25) is 0 Å². The van der Waals surface area contributed by atoms with Gasteiger partial charge >= 0.3 is 0 Å². The first-order valence-electron chi connectivity index (χ1n) is 7.64. The number of rotatable bonds is 3. The van der Waals surface area contributed by atoms with Gasteiger partial charge in [0.15, 0.2) is 0 Å². The molecule has 0 fully saturated rings. The van der Waals surface area contributed by atoms with Gasteiger partial charge in [0.25, 0.3) is 0 Å². The van der Waals surface area contributed by atoms with Gasteiger partial charge in [0, 0.05) is 0 Å². The van der Waals surface area contributed by atoms with E-state index in [0.717, 1.165) is 23.1 Å². The summed E-state index contributed by atoms with van der Waals surface area (Å²) in [5, 5.41) is 0. The van der Waals surface area contributed by atoms with Crippen LogP contribution in [0.3, 0.4) is 0 Å². The molecule has 0 aliphatic rings. The molecule has 0 aliphatic heterocycles. The summed E-state index contributed by atoms with van der Waals surface area (Å²) < 4.78 is 27.1. The van der Waals surface area contributed by atoms with Crippen molar-refractivity contribution in [3.63, 3.8) is 0 Å². The van der Waals surface area contributed by atoms with E-state index in [1.54, 1.807) is 6.07 Å². The lowest BCUT2D eigenvalue weighted by atomic mass is 9.78. The summed E-state index contributed by atoms with van der Waals surface area (Å²) >= 11 is 0. The average Bonchev–Trinajstić information content (AvgIpc) is 2.40. The highest BCUT2D eigenvalue weighted by molar-refractivity contribution is 5.33. The minimum Gasteiger partial charge on any atom is -0.207 e. The first-order valence-corrected chi connectivity index (χ1v) is 7.64. The van der Waals surface area contributed by atoms with Crippen molar-refractivity contribution in [1.82, 2.24) is 0 Å². The molecule has 0 amide bonds. The Morgan fingerprint density at radius 2 is 1.41 bits per heavy atom. The summed E-state index contributed by atoms with van der Waals surface area (Å²) in [6.07, 6.45) is 0.780. The third-order valence-electron chi connectivity index (χ3n) is 4.11. The highest BCUT2D eigenvalue weighted by atomic mass is 19.1. The molecule has 0 nitrogen and oxygen atoms in total. The SMILES string of the molecule is CC(C)(C)c1cc(CC(C)(C)c2ccc(F)cc2)ccc1F. The van der Waals surface area contributed by atoms with E-state index in [0.29, 0.717) is 0 Å². The van der Waals surface area contributed by atoms with E-state index in [9.17, 15) is 8.78 Å². The molecule has 0 radical (unpaired) electrons. The summed E-state index contributed by atoms with van der Waals surface area (Å²) in [5.74, 6) is -0.382. The van der Waals surface area contributed by atoms with Gasteiger partial charge in [-0.05, 0) is 52.1 Å². The Morgan fingerprint density at radius 3 is 1.95 bits per heavy atom. The number of halogens is 2. The van der Waals surface area contributed by atoms with Gasteiger partial charge in [0.05, 0.1) is 0 Å². The standard InChI is InChI=1S/C20H24F2/c1-19(2,3)17-12-14(6-11-18(17)22)13-20(4,5)15-7-9-16(21)10-8-15/h6-12H,13H2,1-5H3. The summed E-state index contributed by atoms with van der Waals surface area (Å²) in [7, 11) is 0. The Balaban J connectivity index is 2.32. The Bertz CT molecular complexity index is 646. The van der Waals surface area contributed by atoms with Gasteiger partial charge < -0.3 is 0 Å². The van der Waals surface area contributed by atoms with E-state index in [4.69, 9.17) is 0 Å². The molecule has 0 saturated carbocycles. The zero-order chi connectivity index (χ0) is 16.5. The number of hydrogen-bond donors (Lipinski definition) is 0. The molecular formula is C20H24F2. The van der Waals surface area contributed by atoms with E-state index >= 15 is 0 Å². The fourth-order valence-corrected chi connectivity index (χ4v) is 2.77. The molecule has 0 heterocycles. The Hall–Kier alpha value is -1.70. The van der Waals surface area contributed by atoms with Crippen molar-refractivity contribution in [2.45, 2.75) is 51.9 Å². The van der Waals surface area contributed by atoms with Crippen molar-refractivity contribution in [1.29, 1.82) is 0 Å². The molecule has 0 aromatic heterocycles. The average molecular weight is 302 g/mol. The molecule has 22 heavy (non-hydrogen) atoms. The van der Waals surface area contributed by atoms with Gasteiger partial charge in [-0.25, -0.2) is 8.78 Å². The highest BCUT2D eigenvalue weighted by Gasteiger charge is 2.24. The van der Waals surface area contributed by atoms with E-state index in [1.165, 1.54) is 12.1 Å². The lowest BCUT2D eigenvalue weighted by Crippen LogP contribution is -2.21. The molecular weight excluding hydrogens is 278 g/mol. The number of benzene rings is 2. The maximum absolute atomic E-state index is 14.0. The van der Waals surface area contributed by atoms with Crippen LogP contribution in [0.1, 0.15) is 51.3 Å². The van der Waals surface area contributed by atoms with Crippen molar-refractivity contribution in [3.8, 4) is 0 Å². The molecule has 0 aliphatic carbocycles. The zero-order valence-electron chi connectivity index (χ0n) is 14.0. The lowest BCUT2D eigenvalue weighted by molar-refractivity contribution is 0.505. The Kier molecular flexibility index (Phi) is 4.42. The minimum absolute atomic E-state index is 0.138. The third kappa shape index (κ3) is 3.73. The van der Waals surface area contributed by atoms with E-state index in [2.05, 4.69) is 13.8 Å². The summed E-state index contributed by atoms with van der Waals surface area (Å²) in [6, 6.07) is 12.0. The van der Waals surface area contributed by atoms with Crippen LogP contribution in [0.25, 0.3) is 0 Å². The topological polar surface area (TPSA) is 0 Å². The zero-order valence-corrected chi connectivity index (χ0v) is 14.0. The third-order valence-corrected chi connectivity index (χ3v) is 4.11. The second kappa shape index (κ2) is 5.83. The molecule has 0 N–H and O–H groups in total. The van der Waals surface area contributed by atoms with Crippen LogP contribution in [0, 0.1) is 11.6 Å². The van der Waals surface area contributed by atoms with Crippen LogP contribution in [0.4, 0.5) is 8.78 Å². The molecule has 0 spiro atoms. The molecule has 2 aromatic rings. The second-order valence-electron chi connectivity index (χ2n) is 7.63. The lowest BCUT2D eigenvalue weighted by Gasteiger charge is -2.27. The largest absolute Gasteiger partial charge is 0.207 e. The molecule has 2 rings (SSSR count). The first kappa shape index (κ1) is 16.7. The van der Waals surface area contributed by atoms with Crippen LogP contribution in [-0.4, -0.2) is 0 Å². The second-order valence-corrected chi connectivity index (χ2v) is 7.63. The number of hydrogen-bond acceptors (Lipinski definition) is 0. The molecule has 0 saturated heterocycles. The fraction of sp³-hybridized carbons (Fsp3) is 0.400. The quantitative estimate of drug-likeness (QED) is 0.674. The van der Waals surface area contributed by atoms with E-state index < -0.39 is 0 Å². The van der Waals surface area contributed by atoms with Gasteiger partial charge in [-0.15, -0.1) is 0 Å². The van der Waals surface area contributed by atoms with Crippen molar-refractivity contribution in [3.05, 3.63) is 70.8 Å². The summed E-state index contributed by atoms with van der Waals surface area (Å²) in [4.78, 5) is 0. The molecule has 0 unspecified atom stereocenters. The fourth-order valence-electron chi connectivity index (χ4n) is 2.77. The van der Waals surface area contributed by atoms with Crippen molar-refractivity contribution in [2.75, 3.05) is 0 Å². The van der Waals surface area contributed by atoms with Gasteiger partial charge in [-0.1, -0.05) is 58.9 Å². The Labute approximate surface area is 132 Å². The minimum atomic E-state index is -0.226. The van der Waals surface area contributed by atoms with Gasteiger partial charge in [0.2, 0.25) is 0 Å². The maximum Gasteiger partial charge on any atom is 0.126 e. The van der Waals surface area contributed by atoms with Crippen molar-refractivity contribution in [2.24, 2.45) is 0 Å². The molecule has 118 valence electrons. The van der Waals surface area contributed by atoms with E-state index in [1.807, 2.05) is 45.0 Å². The van der Waals surface area contributed by atoms with Crippen LogP contribution in [0.2, 0.25) is 0 Å². The van der Waals surface area contributed by atoms with Crippen LogP contribution in [-0.2, 0) is 17.3 Å². The van der Waals surface area contributed by atoms with Crippen LogP contribution in [0.5, 0.6) is 0 Å². The summed E-state index contributed by atoms with van der Waals surface area (Å²) in [5.41, 5.74) is 2.55. The molecule has 0 atom stereocenters. The van der Waals surface area contributed by atoms with Crippen molar-refractivity contribution >= 4 is 0 Å². The molecule has 2 heteroatoms. The highest BCUT2D eigenvalue weighted by Crippen LogP contribution is 2.31. The van der Waals surface area contributed by atoms with Gasteiger partial charge in [-0.2, -0.15) is 0 Å². The Morgan fingerprint density at radius 1 is 0.818 bits per heavy atom.